The highest BCUT2D eigenvalue weighted by Gasteiger charge is 2.21. The van der Waals surface area contributed by atoms with Crippen LogP contribution in [0.15, 0.2) is 53.5 Å². The number of ether oxygens (including phenoxy) is 1. The van der Waals surface area contributed by atoms with E-state index in [9.17, 15) is 9.90 Å². The van der Waals surface area contributed by atoms with Gasteiger partial charge in [0, 0.05) is 42.0 Å². The van der Waals surface area contributed by atoms with Gasteiger partial charge in [0.2, 0.25) is 0 Å². The van der Waals surface area contributed by atoms with E-state index in [0.717, 1.165) is 35.5 Å². The smallest absolute Gasteiger partial charge is 0.280 e. The van der Waals surface area contributed by atoms with Crippen LogP contribution >= 0.6 is 11.6 Å². The first-order valence-electron chi connectivity index (χ1n) is 10.5. The third-order valence-electron chi connectivity index (χ3n) is 5.80. The molecule has 0 radical (unpaired) electrons. The van der Waals surface area contributed by atoms with Crippen molar-refractivity contribution >= 4 is 17.2 Å². The zero-order chi connectivity index (χ0) is 22.2. The molecule has 1 aliphatic heterocycles. The molecule has 4 aromatic rings. The summed E-state index contributed by atoms with van der Waals surface area (Å²) in [6.07, 6.45) is 1.54. The van der Waals surface area contributed by atoms with Crippen LogP contribution in [0.25, 0.3) is 27.9 Å². The lowest BCUT2D eigenvalue weighted by molar-refractivity contribution is 0.0337. The number of hydrogen-bond donors (Lipinski definition) is 2. The van der Waals surface area contributed by atoms with E-state index in [0.29, 0.717) is 41.6 Å². The lowest BCUT2D eigenvalue weighted by Gasteiger charge is -2.26. The SMILES string of the molecule is Cc1ccc(-c2cnc3c(-c4ccc(Cl)cc4)c(CN4CCOCC4)[nH]n3c2=O)c(O)c1. The van der Waals surface area contributed by atoms with Gasteiger partial charge < -0.3 is 9.84 Å². The van der Waals surface area contributed by atoms with Crippen LogP contribution in [0.5, 0.6) is 5.75 Å². The van der Waals surface area contributed by atoms with Crippen LogP contribution in [0.4, 0.5) is 0 Å². The van der Waals surface area contributed by atoms with Gasteiger partial charge in [0.25, 0.3) is 5.56 Å². The molecular weight excluding hydrogens is 428 g/mol. The average Bonchev–Trinajstić information content (AvgIpc) is 3.15. The molecule has 7 nitrogen and oxygen atoms in total. The summed E-state index contributed by atoms with van der Waals surface area (Å²) in [6, 6.07) is 12.8. The predicted molar refractivity (Wildman–Crippen MR) is 124 cm³/mol. The molecule has 2 aromatic carbocycles. The third kappa shape index (κ3) is 3.79. The number of rotatable bonds is 4. The lowest BCUT2D eigenvalue weighted by Crippen LogP contribution is -2.35. The second-order valence-electron chi connectivity index (χ2n) is 8.02. The fraction of sp³-hybridized carbons (Fsp3) is 0.250. The molecule has 2 aromatic heterocycles. The van der Waals surface area contributed by atoms with Crippen LogP contribution < -0.4 is 5.56 Å². The monoisotopic (exact) mass is 450 g/mol. The van der Waals surface area contributed by atoms with Crippen molar-refractivity contribution in [3.8, 4) is 28.0 Å². The molecule has 1 fully saturated rings. The van der Waals surface area contributed by atoms with Crippen molar-refractivity contribution < 1.29 is 9.84 Å². The maximum atomic E-state index is 13.4. The maximum Gasteiger partial charge on any atom is 0.280 e. The Morgan fingerprint density at radius 3 is 2.59 bits per heavy atom. The normalized spacial score (nSPS) is 14.8. The van der Waals surface area contributed by atoms with Gasteiger partial charge in [0.15, 0.2) is 5.65 Å². The quantitative estimate of drug-likeness (QED) is 0.493. The fourth-order valence-corrected chi connectivity index (χ4v) is 4.26. The van der Waals surface area contributed by atoms with Crippen molar-refractivity contribution in [3.05, 3.63) is 75.3 Å². The van der Waals surface area contributed by atoms with E-state index in [4.69, 9.17) is 16.3 Å². The standard InChI is InChI=1S/C24H23ClN4O3/c1-15-2-7-18(21(30)12-15)19-13-26-23-22(16-3-5-17(25)6-4-16)20(27-29(23)24(19)31)14-28-8-10-32-11-9-28/h2-7,12-13,27,30H,8-11,14H2,1H3. The number of hydrogen-bond acceptors (Lipinski definition) is 5. The van der Waals surface area contributed by atoms with Crippen molar-refractivity contribution in [2.24, 2.45) is 0 Å². The van der Waals surface area contributed by atoms with Gasteiger partial charge in [-0.25, -0.2) is 9.50 Å². The van der Waals surface area contributed by atoms with Gasteiger partial charge in [-0.15, -0.1) is 0 Å². The van der Waals surface area contributed by atoms with E-state index >= 15 is 0 Å². The van der Waals surface area contributed by atoms with Gasteiger partial charge >= 0.3 is 0 Å². The van der Waals surface area contributed by atoms with E-state index in [-0.39, 0.29) is 11.3 Å². The Morgan fingerprint density at radius 2 is 1.88 bits per heavy atom. The molecule has 0 amide bonds. The molecule has 0 spiro atoms. The molecule has 5 rings (SSSR count). The number of halogens is 1. The molecular formula is C24H23ClN4O3. The summed E-state index contributed by atoms with van der Waals surface area (Å²) < 4.78 is 6.94. The van der Waals surface area contributed by atoms with Crippen LogP contribution in [0.3, 0.4) is 0 Å². The zero-order valence-corrected chi connectivity index (χ0v) is 18.4. The molecule has 2 N–H and O–H groups in total. The van der Waals surface area contributed by atoms with Gasteiger partial charge in [0.1, 0.15) is 5.75 Å². The molecule has 3 heterocycles. The van der Waals surface area contributed by atoms with Gasteiger partial charge in [-0.3, -0.25) is 14.8 Å². The lowest BCUT2D eigenvalue weighted by atomic mass is 10.0. The predicted octanol–water partition coefficient (Wildman–Crippen LogP) is 3.86. The van der Waals surface area contributed by atoms with Crippen LogP contribution in [0.1, 0.15) is 11.3 Å². The Kier molecular flexibility index (Phi) is 5.46. The highest BCUT2D eigenvalue weighted by Crippen LogP contribution is 2.31. The Hall–Kier alpha value is -3.13. The fourth-order valence-electron chi connectivity index (χ4n) is 4.13. The maximum absolute atomic E-state index is 13.4. The highest BCUT2D eigenvalue weighted by atomic mass is 35.5. The number of aromatic hydroxyl groups is 1. The van der Waals surface area contributed by atoms with Crippen molar-refractivity contribution in [2.45, 2.75) is 13.5 Å². The number of phenols is 1. The topological polar surface area (TPSA) is 82.9 Å². The molecule has 164 valence electrons. The molecule has 0 saturated carbocycles. The number of morpholine rings is 1. The second-order valence-corrected chi connectivity index (χ2v) is 8.45. The minimum absolute atomic E-state index is 0.0573. The zero-order valence-electron chi connectivity index (χ0n) is 17.6. The molecule has 0 unspecified atom stereocenters. The Balaban J connectivity index is 1.68. The number of nitrogens with one attached hydrogen (secondary N) is 1. The van der Waals surface area contributed by atoms with Crippen molar-refractivity contribution in [1.82, 2.24) is 19.5 Å². The van der Waals surface area contributed by atoms with Crippen molar-refractivity contribution in [1.29, 1.82) is 0 Å². The van der Waals surface area contributed by atoms with E-state index in [2.05, 4.69) is 15.0 Å². The molecule has 0 aliphatic carbocycles. The van der Waals surface area contributed by atoms with Gasteiger partial charge in [0.05, 0.1) is 24.5 Å². The Labute approximate surface area is 189 Å². The molecule has 0 atom stereocenters. The summed E-state index contributed by atoms with van der Waals surface area (Å²) in [5, 5.41) is 14.3. The van der Waals surface area contributed by atoms with Crippen LogP contribution in [0, 0.1) is 6.92 Å². The van der Waals surface area contributed by atoms with Gasteiger partial charge in [-0.05, 0) is 36.2 Å². The molecule has 32 heavy (non-hydrogen) atoms. The largest absolute Gasteiger partial charge is 0.507 e. The molecule has 0 bridgehead atoms. The van der Waals surface area contributed by atoms with Crippen molar-refractivity contribution in [3.63, 3.8) is 0 Å². The number of aromatic amines is 1. The van der Waals surface area contributed by atoms with Crippen LogP contribution in [0.2, 0.25) is 5.02 Å². The number of aryl methyl sites for hydroxylation is 1. The van der Waals surface area contributed by atoms with Crippen LogP contribution in [-0.4, -0.2) is 50.9 Å². The summed E-state index contributed by atoms with van der Waals surface area (Å²) in [6.45, 7) is 5.53. The van der Waals surface area contributed by atoms with Gasteiger partial charge in [-0.2, -0.15) is 0 Å². The first-order chi connectivity index (χ1) is 15.5. The summed E-state index contributed by atoms with van der Waals surface area (Å²) >= 11 is 6.10. The minimum atomic E-state index is -0.266. The first-order valence-corrected chi connectivity index (χ1v) is 10.9. The number of benzene rings is 2. The summed E-state index contributed by atoms with van der Waals surface area (Å²) in [4.78, 5) is 20.4. The molecule has 1 aliphatic rings. The van der Waals surface area contributed by atoms with E-state index < -0.39 is 0 Å². The van der Waals surface area contributed by atoms with E-state index in [1.807, 2.05) is 37.3 Å². The Bertz CT molecular complexity index is 1340. The average molecular weight is 451 g/mol. The van der Waals surface area contributed by atoms with E-state index in [1.54, 1.807) is 12.1 Å². The third-order valence-corrected chi connectivity index (χ3v) is 6.05. The van der Waals surface area contributed by atoms with Crippen LogP contribution in [-0.2, 0) is 11.3 Å². The number of nitrogens with zero attached hydrogens (tertiary/aromatic N) is 3. The van der Waals surface area contributed by atoms with Crippen molar-refractivity contribution in [2.75, 3.05) is 26.3 Å². The summed E-state index contributed by atoms with van der Waals surface area (Å²) in [5.74, 6) is 0.0573. The van der Waals surface area contributed by atoms with E-state index in [1.165, 1.54) is 10.7 Å². The first kappa shape index (κ1) is 20.8. The number of aromatic nitrogens is 3. The number of phenolic OH excluding ortho intramolecular Hbond substituents is 1. The Morgan fingerprint density at radius 1 is 1.12 bits per heavy atom. The molecule has 8 heteroatoms. The summed E-state index contributed by atoms with van der Waals surface area (Å²) in [5.41, 5.74) is 4.66. The molecule has 1 saturated heterocycles. The number of fused-ring (bicyclic) bond motifs is 1. The number of H-pyrrole nitrogens is 1. The highest BCUT2D eigenvalue weighted by molar-refractivity contribution is 6.30. The summed E-state index contributed by atoms with van der Waals surface area (Å²) in [7, 11) is 0. The second kappa shape index (κ2) is 8.43. The van der Waals surface area contributed by atoms with Gasteiger partial charge in [-0.1, -0.05) is 35.9 Å². The minimum Gasteiger partial charge on any atom is -0.507 e.